The fraction of sp³-hybridized carbons (Fsp3) is 0.241. The van der Waals surface area contributed by atoms with E-state index in [0.717, 1.165) is 5.56 Å². The molecule has 43 heavy (non-hydrogen) atoms. The lowest BCUT2D eigenvalue weighted by Gasteiger charge is -2.28. The lowest BCUT2D eigenvalue weighted by molar-refractivity contribution is -0.192. The first-order valence-electron chi connectivity index (χ1n) is 12.7. The number of rotatable bonds is 8. The number of alkyl halides is 3. The molecule has 0 spiro atoms. The Morgan fingerprint density at radius 2 is 1.70 bits per heavy atom. The first-order valence-corrected chi connectivity index (χ1v) is 12.7. The topological polar surface area (TPSA) is 161 Å². The summed E-state index contributed by atoms with van der Waals surface area (Å²) in [7, 11) is 0. The lowest BCUT2D eigenvalue weighted by Crippen LogP contribution is -2.38. The molecule has 0 aliphatic carbocycles. The Labute approximate surface area is 244 Å². The van der Waals surface area contributed by atoms with E-state index in [4.69, 9.17) is 40.0 Å². The second-order valence-corrected chi connectivity index (χ2v) is 8.83. The van der Waals surface area contributed by atoms with Gasteiger partial charge < -0.3 is 29.8 Å². The van der Waals surface area contributed by atoms with Crippen molar-refractivity contribution in [2.75, 3.05) is 24.7 Å². The number of carbonyl (C=O) groups excluding carboxylic acids is 2. The average Bonchev–Trinajstić information content (AvgIpc) is 2.99. The van der Waals surface area contributed by atoms with Gasteiger partial charge in [0, 0.05) is 17.3 Å². The molecule has 0 fully saturated rings. The van der Waals surface area contributed by atoms with Gasteiger partial charge in [-0.2, -0.15) is 13.2 Å². The summed E-state index contributed by atoms with van der Waals surface area (Å²) in [5, 5.41) is 14.6. The van der Waals surface area contributed by atoms with E-state index in [-0.39, 0.29) is 38.3 Å². The summed E-state index contributed by atoms with van der Waals surface area (Å²) in [6, 6.07) is 21.4. The molecule has 4 rings (SSSR count). The minimum absolute atomic E-state index is 0.00664. The van der Waals surface area contributed by atoms with Gasteiger partial charge in [0.2, 0.25) is 0 Å². The van der Waals surface area contributed by atoms with Crippen molar-refractivity contribution < 1.29 is 51.6 Å². The van der Waals surface area contributed by atoms with E-state index in [0.29, 0.717) is 28.5 Å². The van der Waals surface area contributed by atoms with Crippen molar-refractivity contribution in [2.24, 2.45) is 5.73 Å². The maximum atomic E-state index is 12.9. The number of carboxylic acids is 1. The van der Waals surface area contributed by atoms with Gasteiger partial charge in [0.15, 0.2) is 17.6 Å². The van der Waals surface area contributed by atoms with Crippen molar-refractivity contribution in [3.05, 3.63) is 83.9 Å². The van der Waals surface area contributed by atoms with Gasteiger partial charge in [-0.05, 0) is 48.9 Å². The summed E-state index contributed by atoms with van der Waals surface area (Å²) in [5.41, 5.74) is 7.44. The molecule has 11 nitrogen and oxygen atoms in total. The number of fused-ring (bicyclic) bond motifs is 1. The normalized spacial score (nSPS) is 13.5. The Hall–Kier alpha value is -5.27. The van der Waals surface area contributed by atoms with Crippen LogP contribution in [0.2, 0.25) is 0 Å². The van der Waals surface area contributed by atoms with Gasteiger partial charge in [-0.15, -0.1) is 0 Å². The van der Waals surface area contributed by atoms with E-state index in [1.807, 2.05) is 30.3 Å². The molecule has 3 aromatic carbocycles. The Bertz CT molecular complexity index is 1430. The van der Waals surface area contributed by atoms with Crippen molar-refractivity contribution in [3.63, 3.8) is 0 Å². The van der Waals surface area contributed by atoms with E-state index >= 15 is 0 Å². The number of carboxylic acid groups (broad SMARTS) is 1. The summed E-state index contributed by atoms with van der Waals surface area (Å²) in [6.07, 6.45) is -5.43. The van der Waals surface area contributed by atoms with Gasteiger partial charge in [-0.3, -0.25) is 15.1 Å². The molecule has 1 aliphatic rings. The van der Waals surface area contributed by atoms with Crippen molar-refractivity contribution >= 4 is 29.4 Å². The average molecular weight is 604 g/mol. The molecule has 3 aromatic rings. The van der Waals surface area contributed by atoms with E-state index in [9.17, 15) is 22.8 Å². The second-order valence-electron chi connectivity index (χ2n) is 8.83. The summed E-state index contributed by atoms with van der Waals surface area (Å²) in [6.45, 7) is 2.44. The summed E-state index contributed by atoms with van der Waals surface area (Å²) in [5.74, 6) is -2.85. The number of halogens is 3. The van der Waals surface area contributed by atoms with Crippen LogP contribution >= 0.6 is 0 Å². The predicted molar refractivity (Wildman–Crippen MR) is 147 cm³/mol. The number of hydrogen-bond acceptors (Lipinski definition) is 8. The summed E-state index contributed by atoms with van der Waals surface area (Å²) in [4.78, 5) is 35.4. The van der Waals surface area contributed by atoms with Crippen LogP contribution in [-0.4, -0.2) is 60.9 Å². The maximum Gasteiger partial charge on any atom is 0.490 e. The Kier molecular flexibility index (Phi) is 10.9. The first-order chi connectivity index (χ1) is 20.4. The molecule has 0 bridgehead atoms. The number of anilines is 1. The zero-order chi connectivity index (χ0) is 31.6. The van der Waals surface area contributed by atoms with E-state index in [2.05, 4.69) is 0 Å². The van der Waals surface area contributed by atoms with Gasteiger partial charge in [0.1, 0.15) is 24.8 Å². The van der Waals surface area contributed by atoms with Crippen molar-refractivity contribution in [1.29, 1.82) is 5.41 Å². The van der Waals surface area contributed by atoms with Crippen LogP contribution in [0.3, 0.4) is 0 Å². The van der Waals surface area contributed by atoms with Crippen LogP contribution in [0.15, 0.2) is 72.8 Å². The largest absolute Gasteiger partial charge is 0.490 e. The number of hydrogen-bond donors (Lipinski definition) is 3. The number of benzene rings is 3. The third-order valence-corrected chi connectivity index (χ3v) is 5.68. The highest BCUT2D eigenvalue weighted by molar-refractivity contribution is 6.38. The number of aliphatic carboxylic acids is 1. The number of nitrogens with two attached hydrogens (primary N) is 1. The van der Waals surface area contributed by atoms with Crippen LogP contribution in [0.25, 0.3) is 0 Å². The SMILES string of the molecule is CCOC(=O)C(=O)N(Cc1ccccc1)c1ccc2c(c1)OC[C@@H](COc1ccc(C(=N)N)cc1)O2.O=C(O)C(F)(F)F. The zero-order valence-corrected chi connectivity index (χ0v) is 22.8. The fourth-order valence-corrected chi connectivity index (χ4v) is 3.62. The third-order valence-electron chi connectivity index (χ3n) is 5.68. The molecule has 0 unspecified atom stereocenters. The molecule has 4 N–H and O–H groups in total. The number of amides is 1. The van der Waals surface area contributed by atoms with Gasteiger partial charge >= 0.3 is 24.0 Å². The van der Waals surface area contributed by atoms with E-state index < -0.39 is 24.0 Å². The van der Waals surface area contributed by atoms with Crippen LogP contribution in [0.4, 0.5) is 18.9 Å². The van der Waals surface area contributed by atoms with Gasteiger partial charge in [0.25, 0.3) is 0 Å². The standard InChI is InChI=1S/C27H27N3O6.C2HF3O2/c1-2-33-27(32)26(31)30(15-18-6-4-3-5-7-18)20-10-13-23-24(14-20)35-17-22(36-23)16-34-21-11-8-19(9-12-21)25(28)29;3-2(4,5)1(6)7/h3-14,22H,2,15-17H2,1H3,(H3,28,29);(H,6,7)/t22-;/m1./s1. The second kappa shape index (κ2) is 14.6. The number of ether oxygens (including phenoxy) is 4. The highest BCUT2D eigenvalue weighted by atomic mass is 19.4. The van der Waals surface area contributed by atoms with Crippen molar-refractivity contribution in [2.45, 2.75) is 25.7 Å². The molecular weight excluding hydrogens is 575 g/mol. The Morgan fingerprint density at radius 3 is 2.28 bits per heavy atom. The minimum Gasteiger partial charge on any atom is -0.490 e. The highest BCUT2D eigenvalue weighted by Crippen LogP contribution is 2.36. The molecule has 14 heteroatoms. The number of nitrogens with one attached hydrogen (secondary N) is 1. The molecule has 0 saturated carbocycles. The number of esters is 1. The highest BCUT2D eigenvalue weighted by Gasteiger charge is 2.38. The molecule has 0 aromatic heterocycles. The van der Waals surface area contributed by atoms with Crippen molar-refractivity contribution in [3.8, 4) is 17.2 Å². The third kappa shape index (κ3) is 9.38. The monoisotopic (exact) mass is 603 g/mol. The van der Waals surface area contributed by atoms with E-state index in [1.54, 1.807) is 49.4 Å². The fourth-order valence-electron chi connectivity index (χ4n) is 3.62. The van der Waals surface area contributed by atoms with Crippen LogP contribution < -0.4 is 24.8 Å². The summed E-state index contributed by atoms with van der Waals surface area (Å²) >= 11 is 0. The number of nitrogens with zero attached hydrogens (tertiary/aromatic N) is 1. The van der Waals surface area contributed by atoms with E-state index in [1.165, 1.54) is 4.90 Å². The zero-order valence-electron chi connectivity index (χ0n) is 22.8. The molecule has 228 valence electrons. The maximum absolute atomic E-state index is 12.9. The number of nitrogen functional groups attached to an aromatic ring is 1. The first kappa shape index (κ1) is 32.2. The predicted octanol–water partition coefficient (Wildman–Crippen LogP) is 3.92. The molecule has 0 saturated heterocycles. The van der Waals surface area contributed by atoms with Crippen LogP contribution in [0.5, 0.6) is 17.2 Å². The quantitative estimate of drug-likeness (QED) is 0.150. The molecule has 1 amide bonds. The van der Waals surface area contributed by atoms with Gasteiger partial charge in [-0.25, -0.2) is 9.59 Å². The minimum atomic E-state index is -5.08. The summed E-state index contributed by atoms with van der Waals surface area (Å²) < 4.78 is 54.4. The van der Waals surface area contributed by atoms with Crippen LogP contribution in [-0.2, 0) is 25.7 Å². The van der Waals surface area contributed by atoms with Gasteiger partial charge in [-0.1, -0.05) is 30.3 Å². The van der Waals surface area contributed by atoms with Crippen LogP contribution in [0, 0.1) is 5.41 Å². The van der Waals surface area contributed by atoms with Crippen molar-refractivity contribution in [1.82, 2.24) is 0 Å². The smallest absolute Gasteiger partial charge is 0.490 e. The molecule has 0 radical (unpaired) electrons. The molecule has 1 heterocycles. The number of carbonyl (C=O) groups is 3. The van der Waals surface area contributed by atoms with Crippen LogP contribution in [0.1, 0.15) is 18.1 Å². The Morgan fingerprint density at radius 1 is 1.05 bits per heavy atom. The Balaban J connectivity index is 0.000000646. The molecular formula is C29H28F3N3O8. The number of amidine groups is 1. The van der Waals surface area contributed by atoms with Gasteiger partial charge in [0.05, 0.1) is 13.2 Å². The molecule has 1 atom stereocenters. The lowest BCUT2D eigenvalue weighted by atomic mass is 10.1. The molecule has 1 aliphatic heterocycles.